The standard InChI is InChI=1S/C16H17NO3/c1-3-20-15-5-4-10-17(16(15)19)11-14(18)13-8-6-12(2)7-9-13/h4-10H,3,11H2,1-2H3. The molecule has 0 unspecified atom stereocenters. The summed E-state index contributed by atoms with van der Waals surface area (Å²) >= 11 is 0. The summed E-state index contributed by atoms with van der Waals surface area (Å²) in [5.41, 5.74) is 1.41. The van der Waals surface area contributed by atoms with Crippen LogP contribution in [0.4, 0.5) is 0 Å². The zero-order valence-electron chi connectivity index (χ0n) is 11.6. The van der Waals surface area contributed by atoms with Crippen molar-refractivity contribution in [1.29, 1.82) is 0 Å². The molecule has 104 valence electrons. The zero-order valence-corrected chi connectivity index (χ0v) is 11.6. The van der Waals surface area contributed by atoms with Crippen LogP contribution in [-0.2, 0) is 6.54 Å². The maximum atomic E-state index is 12.1. The minimum atomic E-state index is -0.283. The lowest BCUT2D eigenvalue weighted by Gasteiger charge is -2.08. The van der Waals surface area contributed by atoms with E-state index in [9.17, 15) is 9.59 Å². The molecular weight excluding hydrogens is 254 g/mol. The molecule has 0 radical (unpaired) electrons. The highest BCUT2D eigenvalue weighted by Gasteiger charge is 2.09. The SMILES string of the molecule is CCOc1cccn(CC(=O)c2ccc(C)cc2)c1=O. The predicted octanol–water partition coefficient (Wildman–Crippen LogP) is 2.44. The van der Waals surface area contributed by atoms with Crippen molar-refractivity contribution in [2.24, 2.45) is 0 Å². The Morgan fingerprint density at radius 2 is 1.90 bits per heavy atom. The molecule has 0 atom stereocenters. The number of rotatable bonds is 5. The molecule has 0 aliphatic rings. The highest BCUT2D eigenvalue weighted by Crippen LogP contribution is 2.06. The fourth-order valence-electron chi connectivity index (χ4n) is 1.89. The Morgan fingerprint density at radius 1 is 1.20 bits per heavy atom. The van der Waals surface area contributed by atoms with E-state index in [-0.39, 0.29) is 23.6 Å². The Hall–Kier alpha value is -2.36. The third kappa shape index (κ3) is 3.15. The number of ketones is 1. The van der Waals surface area contributed by atoms with Crippen molar-refractivity contribution in [2.45, 2.75) is 20.4 Å². The molecule has 0 saturated heterocycles. The number of carbonyl (C=O) groups excluding carboxylic acids is 1. The van der Waals surface area contributed by atoms with Crippen molar-refractivity contribution >= 4 is 5.78 Å². The van der Waals surface area contributed by atoms with Crippen LogP contribution in [0.2, 0.25) is 0 Å². The van der Waals surface area contributed by atoms with E-state index in [0.717, 1.165) is 5.56 Å². The monoisotopic (exact) mass is 271 g/mol. The molecular formula is C16H17NO3. The van der Waals surface area contributed by atoms with Crippen molar-refractivity contribution in [1.82, 2.24) is 4.57 Å². The van der Waals surface area contributed by atoms with Gasteiger partial charge in [-0.2, -0.15) is 0 Å². The van der Waals surface area contributed by atoms with E-state index in [1.807, 2.05) is 26.0 Å². The van der Waals surface area contributed by atoms with Crippen LogP contribution in [0, 0.1) is 6.92 Å². The number of benzene rings is 1. The van der Waals surface area contributed by atoms with Crippen LogP contribution in [0.5, 0.6) is 5.75 Å². The number of hydrogen-bond donors (Lipinski definition) is 0. The van der Waals surface area contributed by atoms with Gasteiger partial charge in [0.15, 0.2) is 11.5 Å². The second-order valence-electron chi connectivity index (χ2n) is 4.53. The molecule has 2 rings (SSSR count). The lowest BCUT2D eigenvalue weighted by atomic mass is 10.1. The average Bonchev–Trinajstić information content (AvgIpc) is 2.44. The predicted molar refractivity (Wildman–Crippen MR) is 77.4 cm³/mol. The van der Waals surface area contributed by atoms with Crippen LogP contribution in [0.3, 0.4) is 0 Å². The second-order valence-corrected chi connectivity index (χ2v) is 4.53. The van der Waals surface area contributed by atoms with E-state index >= 15 is 0 Å². The maximum absolute atomic E-state index is 12.1. The van der Waals surface area contributed by atoms with Gasteiger partial charge in [-0.3, -0.25) is 9.59 Å². The van der Waals surface area contributed by atoms with Gasteiger partial charge in [-0.05, 0) is 26.0 Å². The molecule has 0 amide bonds. The summed E-state index contributed by atoms with van der Waals surface area (Å²) in [7, 11) is 0. The largest absolute Gasteiger partial charge is 0.488 e. The summed E-state index contributed by atoms with van der Waals surface area (Å²) in [5.74, 6) is 0.174. The molecule has 0 fully saturated rings. The Morgan fingerprint density at radius 3 is 2.55 bits per heavy atom. The van der Waals surface area contributed by atoms with E-state index in [4.69, 9.17) is 4.74 Å². The molecule has 0 aliphatic heterocycles. The molecule has 0 N–H and O–H groups in total. The first-order valence-corrected chi connectivity index (χ1v) is 6.54. The number of hydrogen-bond acceptors (Lipinski definition) is 3. The summed E-state index contributed by atoms with van der Waals surface area (Å²) < 4.78 is 6.60. The van der Waals surface area contributed by atoms with Gasteiger partial charge in [0.05, 0.1) is 13.2 Å². The molecule has 4 heteroatoms. The second kappa shape index (κ2) is 6.19. The maximum Gasteiger partial charge on any atom is 0.293 e. The summed E-state index contributed by atoms with van der Waals surface area (Å²) in [6.07, 6.45) is 1.59. The number of aryl methyl sites for hydroxylation is 1. The van der Waals surface area contributed by atoms with E-state index < -0.39 is 0 Å². The zero-order chi connectivity index (χ0) is 14.5. The van der Waals surface area contributed by atoms with Gasteiger partial charge < -0.3 is 9.30 Å². The number of nitrogens with zero attached hydrogens (tertiary/aromatic N) is 1. The van der Waals surface area contributed by atoms with Crippen LogP contribution in [-0.4, -0.2) is 17.0 Å². The number of Topliss-reactive ketones (excluding diaryl/α,β-unsaturated/α-hetero) is 1. The molecule has 1 aromatic heterocycles. The minimum absolute atomic E-state index is 0.0167. The Labute approximate surface area is 117 Å². The fourth-order valence-corrected chi connectivity index (χ4v) is 1.89. The molecule has 2 aromatic rings. The van der Waals surface area contributed by atoms with Gasteiger partial charge >= 0.3 is 0 Å². The summed E-state index contributed by atoms with van der Waals surface area (Å²) in [6.45, 7) is 4.21. The van der Waals surface area contributed by atoms with E-state index in [1.54, 1.807) is 30.5 Å². The lowest BCUT2D eigenvalue weighted by Crippen LogP contribution is -2.25. The minimum Gasteiger partial charge on any atom is -0.488 e. The third-order valence-electron chi connectivity index (χ3n) is 2.97. The molecule has 1 heterocycles. The first-order valence-electron chi connectivity index (χ1n) is 6.54. The summed E-state index contributed by atoms with van der Waals surface area (Å²) in [4.78, 5) is 24.2. The van der Waals surface area contributed by atoms with Gasteiger partial charge in [0.25, 0.3) is 5.56 Å². The van der Waals surface area contributed by atoms with E-state index in [2.05, 4.69) is 0 Å². The molecule has 0 bridgehead atoms. The number of aromatic nitrogens is 1. The van der Waals surface area contributed by atoms with Crippen molar-refractivity contribution in [2.75, 3.05) is 6.61 Å². The quantitative estimate of drug-likeness (QED) is 0.785. The first-order chi connectivity index (χ1) is 9.61. The molecule has 20 heavy (non-hydrogen) atoms. The number of carbonyl (C=O) groups is 1. The summed E-state index contributed by atoms with van der Waals surface area (Å²) in [5, 5.41) is 0. The molecule has 0 saturated carbocycles. The van der Waals surface area contributed by atoms with Crippen molar-refractivity contribution in [3.8, 4) is 5.75 Å². The normalized spacial score (nSPS) is 10.3. The average molecular weight is 271 g/mol. The van der Waals surface area contributed by atoms with Crippen LogP contribution in [0.25, 0.3) is 0 Å². The third-order valence-corrected chi connectivity index (χ3v) is 2.97. The van der Waals surface area contributed by atoms with Crippen LogP contribution in [0.15, 0.2) is 47.4 Å². The van der Waals surface area contributed by atoms with Crippen molar-refractivity contribution in [3.63, 3.8) is 0 Å². The molecule has 0 spiro atoms. The van der Waals surface area contributed by atoms with Crippen molar-refractivity contribution in [3.05, 3.63) is 64.1 Å². The Balaban J connectivity index is 2.22. The van der Waals surface area contributed by atoms with Gasteiger partial charge in [0.1, 0.15) is 0 Å². The highest BCUT2D eigenvalue weighted by molar-refractivity contribution is 5.95. The van der Waals surface area contributed by atoms with Crippen LogP contribution < -0.4 is 10.3 Å². The van der Waals surface area contributed by atoms with E-state index in [1.165, 1.54) is 4.57 Å². The Bertz CT molecular complexity index is 656. The lowest BCUT2D eigenvalue weighted by molar-refractivity contribution is 0.0970. The molecule has 1 aromatic carbocycles. The van der Waals surface area contributed by atoms with Gasteiger partial charge in [-0.1, -0.05) is 29.8 Å². The van der Waals surface area contributed by atoms with Gasteiger partial charge in [0.2, 0.25) is 0 Å². The van der Waals surface area contributed by atoms with E-state index in [0.29, 0.717) is 12.2 Å². The number of ether oxygens (including phenoxy) is 1. The smallest absolute Gasteiger partial charge is 0.293 e. The van der Waals surface area contributed by atoms with Crippen molar-refractivity contribution < 1.29 is 9.53 Å². The van der Waals surface area contributed by atoms with Crippen LogP contribution in [0.1, 0.15) is 22.8 Å². The topological polar surface area (TPSA) is 48.3 Å². The first kappa shape index (κ1) is 14.1. The summed E-state index contributed by atoms with van der Waals surface area (Å²) in [6, 6.07) is 10.6. The van der Waals surface area contributed by atoms with Crippen LogP contribution >= 0.6 is 0 Å². The highest BCUT2D eigenvalue weighted by atomic mass is 16.5. The van der Waals surface area contributed by atoms with Gasteiger partial charge in [-0.15, -0.1) is 0 Å². The Kier molecular flexibility index (Phi) is 4.35. The fraction of sp³-hybridized carbons (Fsp3) is 0.250. The molecule has 4 nitrogen and oxygen atoms in total. The molecule has 0 aliphatic carbocycles. The van der Waals surface area contributed by atoms with Gasteiger partial charge in [0, 0.05) is 11.8 Å². The van der Waals surface area contributed by atoms with Gasteiger partial charge in [-0.25, -0.2) is 0 Å². The number of pyridine rings is 1.